The Morgan fingerprint density at radius 3 is 2.65 bits per heavy atom. The molecule has 1 unspecified atom stereocenters. The summed E-state index contributed by atoms with van der Waals surface area (Å²) in [5.74, 6) is -0.202. The minimum absolute atomic E-state index is 0.102. The number of aromatic carboxylic acids is 1. The van der Waals surface area contributed by atoms with Crippen molar-refractivity contribution < 1.29 is 14.7 Å². The van der Waals surface area contributed by atoms with Gasteiger partial charge in [0.15, 0.2) is 0 Å². The minimum Gasteiger partial charge on any atom is -0.477 e. The van der Waals surface area contributed by atoms with Crippen molar-refractivity contribution in [2.75, 3.05) is 12.0 Å². The Kier molecular flexibility index (Phi) is 5.50. The van der Waals surface area contributed by atoms with Gasteiger partial charge in [0.25, 0.3) is 5.91 Å². The number of rotatable bonds is 6. The second kappa shape index (κ2) is 6.66. The second-order valence-corrected chi connectivity index (χ2v) is 5.69. The zero-order chi connectivity index (χ0) is 12.8. The van der Waals surface area contributed by atoms with Crippen molar-refractivity contribution in [3.05, 3.63) is 21.9 Å². The number of thiophene rings is 1. The van der Waals surface area contributed by atoms with Crippen LogP contribution < -0.4 is 5.32 Å². The maximum atomic E-state index is 11.8. The molecule has 0 aliphatic rings. The van der Waals surface area contributed by atoms with E-state index in [0.29, 0.717) is 4.88 Å². The summed E-state index contributed by atoms with van der Waals surface area (Å²) in [5.41, 5.74) is 0. The third kappa shape index (κ3) is 4.40. The van der Waals surface area contributed by atoms with Crippen LogP contribution in [0.25, 0.3) is 0 Å². The zero-order valence-electron chi connectivity index (χ0n) is 9.73. The van der Waals surface area contributed by atoms with Crippen LogP contribution in [0.4, 0.5) is 0 Å². The molecule has 0 spiro atoms. The van der Waals surface area contributed by atoms with Gasteiger partial charge in [0.2, 0.25) is 0 Å². The van der Waals surface area contributed by atoms with E-state index in [2.05, 4.69) is 5.32 Å². The van der Waals surface area contributed by atoms with Gasteiger partial charge in [-0.2, -0.15) is 11.8 Å². The number of carboxylic acid groups (broad SMARTS) is 1. The Balaban J connectivity index is 2.54. The van der Waals surface area contributed by atoms with E-state index in [1.165, 1.54) is 6.07 Å². The first-order chi connectivity index (χ1) is 8.04. The topological polar surface area (TPSA) is 66.4 Å². The molecule has 1 aromatic rings. The van der Waals surface area contributed by atoms with Crippen LogP contribution >= 0.6 is 23.1 Å². The molecular weight excluding hydrogens is 258 g/mol. The molecule has 1 heterocycles. The summed E-state index contributed by atoms with van der Waals surface area (Å²) < 4.78 is 0. The molecule has 1 atom stereocenters. The van der Waals surface area contributed by atoms with Crippen molar-refractivity contribution in [1.29, 1.82) is 0 Å². The number of thioether (sulfide) groups is 1. The maximum absolute atomic E-state index is 11.8. The fourth-order valence-electron chi connectivity index (χ4n) is 1.24. The lowest BCUT2D eigenvalue weighted by Gasteiger charge is -2.11. The van der Waals surface area contributed by atoms with E-state index in [9.17, 15) is 9.59 Å². The molecule has 0 saturated heterocycles. The van der Waals surface area contributed by atoms with Crippen molar-refractivity contribution in [3.63, 3.8) is 0 Å². The Morgan fingerprint density at radius 2 is 2.12 bits per heavy atom. The summed E-state index contributed by atoms with van der Waals surface area (Å²) >= 11 is 2.73. The Morgan fingerprint density at radius 1 is 1.47 bits per heavy atom. The predicted octanol–water partition coefficient (Wildman–Crippen LogP) is 2.32. The highest BCUT2D eigenvalue weighted by molar-refractivity contribution is 7.98. The Bertz CT molecular complexity index is 403. The van der Waals surface area contributed by atoms with Gasteiger partial charge in [-0.05, 0) is 37.5 Å². The van der Waals surface area contributed by atoms with Crippen LogP contribution in [0.1, 0.15) is 32.7 Å². The summed E-state index contributed by atoms with van der Waals surface area (Å²) in [7, 11) is 0. The van der Waals surface area contributed by atoms with Gasteiger partial charge in [0, 0.05) is 6.04 Å². The molecule has 0 aromatic carbocycles. The first-order valence-electron chi connectivity index (χ1n) is 5.17. The minimum atomic E-state index is -0.996. The molecule has 0 radical (unpaired) electrons. The standard InChI is InChI=1S/C11H15NO3S2/c1-7(5-6-16-2)12-10(13)8-3-4-9(17-8)11(14)15/h3-4,7H,5-6H2,1-2H3,(H,12,13)(H,14,15). The van der Waals surface area contributed by atoms with Crippen molar-refractivity contribution in [3.8, 4) is 0 Å². The third-order valence-electron chi connectivity index (χ3n) is 2.17. The van der Waals surface area contributed by atoms with Gasteiger partial charge in [0.05, 0.1) is 4.88 Å². The fourth-order valence-corrected chi connectivity index (χ4v) is 2.57. The van der Waals surface area contributed by atoms with Crippen LogP contribution in [-0.4, -0.2) is 35.0 Å². The SMILES string of the molecule is CSCCC(C)NC(=O)c1ccc(C(=O)O)s1. The third-order valence-corrected chi connectivity index (χ3v) is 3.89. The van der Waals surface area contributed by atoms with E-state index in [1.807, 2.05) is 13.2 Å². The number of hydrogen-bond donors (Lipinski definition) is 2. The molecule has 2 N–H and O–H groups in total. The van der Waals surface area contributed by atoms with E-state index in [1.54, 1.807) is 17.8 Å². The predicted molar refractivity (Wildman–Crippen MR) is 71.2 cm³/mol. The van der Waals surface area contributed by atoms with Gasteiger partial charge in [-0.3, -0.25) is 4.79 Å². The lowest BCUT2D eigenvalue weighted by Crippen LogP contribution is -2.32. The van der Waals surface area contributed by atoms with E-state index >= 15 is 0 Å². The number of hydrogen-bond acceptors (Lipinski definition) is 4. The molecule has 17 heavy (non-hydrogen) atoms. The van der Waals surface area contributed by atoms with Gasteiger partial charge in [-0.1, -0.05) is 0 Å². The highest BCUT2D eigenvalue weighted by atomic mass is 32.2. The van der Waals surface area contributed by atoms with E-state index in [0.717, 1.165) is 23.5 Å². The van der Waals surface area contributed by atoms with E-state index < -0.39 is 5.97 Å². The van der Waals surface area contributed by atoms with Gasteiger partial charge in [-0.15, -0.1) is 11.3 Å². The molecule has 0 aliphatic carbocycles. The summed E-state index contributed by atoms with van der Waals surface area (Å²) in [6.07, 6.45) is 2.93. The summed E-state index contributed by atoms with van der Waals surface area (Å²) in [4.78, 5) is 23.1. The van der Waals surface area contributed by atoms with Crippen molar-refractivity contribution in [1.82, 2.24) is 5.32 Å². The molecular formula is C11H15NO3S2. The normalized spacial score (nSPS) is 12.1. The van der Waals surface area contributed by atoms with Gasteiger partial charge in [-0.25, -0.2) is 4.79 Å². The fraction of sp³-hybridized carbons (Fsp3) is 0.455. The van der Waals surface area contributed by atoms with Crippen LogP contribution in [-0.2, 0) is 0 Å². The van der Waals surface area contributed by atoms with Crippen LogP contribution in [0, 0.1) is 0 Å². The number of carbonyl (C=O) groups excluding carboxylic acids is 1. The monoisotopic (exact) mass is 273 g/mol. The molecule has 1 rings (SSSR count). The average molecular weight is 273 g/mol. The van der Waals surface area contributed by atoms with Gasteiger partial charge < -0.3 is 10.4 Å². The van der Waals surface area contributed by atoms with Gasteiger partial charge in [0.1, 0.15) is 4.88 Å². The molecule has 1 aromatic heterocycles. The van der Waals surface area contributed by atoms with Crippen molar-refractivity contribution >= 4 is 35.0 Å². The molecule has 0 bridgehead atoms. The van der Waals surface area contributed by atoms with Crippen LogP contribution in [0.2, 0.25) is 0 Å². The number of amides is 1. The zero-order valence-corrected chi connectivity index (χ0v) is 11.4. The highest BCUT2D eigenvalue weighted by Crippen LogP contribution is 2.16. The lowest BCUT2D eigenvalue weighted by atomic mass is 10.2. The summed E-state index contributed by atoms with van der Waals surface area (Å²) in [5, 5.41) is 11.6. The summed E-state index contributed by atoms with van der Waals surface area (Å²) in [6.45, 7) is 1.94. The molecule has 6 heteroatoms. The quantitative estimate of drug-likeness (QED) is 0.834. The van der Waals surface area contributed by atoms with Crippen LogP contribution in [0.15, 0.2) is 12.1 Å². The Labute approximate surface area is 108 Å². The number of nitrogens with one attached hydrogen (secondary N) is 1. The van der Waals surface area contributed by atoms with Crippen LogP contribution in [0.3, 0.4) is 0 Å². The molecule has 0 fully saturated rings. The van der Waals surface area contributed by atoms with Gasteiger partial charge >= 0.3 is 5.97 Å². The highest BCUT2D eigenvalue weighted by Gasteiger charge is 2.14. The molecule has 1 amide bonds. The first-order valence-corrected chi connectivity index (χ1v) is 7.38. The number of carbonyl (C=O) groups is 2. The van der Waals surface area contributed by atoms with Crippen LogP contribution in [0.5, 0.6) is 0 Å². The molecule has 0 saturated carbocycles. The molecule has 0 aliphatic heterocycles. The molecule has 94 valence electrons. The van der Waals surface area contributed by atoms with Crippen molar-refractivity contribution in [2.45, 2.75) is 19.4 Å². The largest absolute Gasteiger partial charge is 0.477 e. The average Bonchev–Trinajstić information content (AvgIpc) is 2.75. The van der Waals surface area contributed by atoms with Crippen molar-refractivity contribution in [2.24, 2.45) is 0 Å². The lowest BCUT2D eigenvalue weighted by molar-refractivity contribution is 0.0702. The Hall–Kier alpha value is -1.01. The number of carboxylic acids is 1. The smallest absolute Gasteiger partial charge is 0.345 e. The maximum Gasteiger partial charge on any atom is 0.345 e. The summed E-state index contributed by atoms with van der Waals surface area (Å²) in [6, 6.07) is 3.10. The first kappa shape index (κ1) is 14.1. The second-order valence-electron chi connectivity index (χ2n) is 3.63. The molecule has 4 nitrogen and oxygen atoms in total. The van der Waals surface area contributed by atoms with E-state index in [-0.39, 0.29) is 16.8 Å². The van der Waals surface area contributed by atoms with E-state index in [4.69, 9.17) is 5.11 Å².